The zero-order valence-electron chi connectivity index (χ0n) is 8.45. The third kappa shape index (κ3) is 3.72. The molecule has 0 bridgehead atoms. The molecule has 1 rings (SSSR count). The van der Waals surface area contributed by atoms with Crippen molar-refractivity contribution in [2.24, 2.45) is 5.73 Å². The first-order chi connectivity index (χ1) is 6.86. The SMILES string of the molecule is C=Cn1cc(CNCCCCN)cn1. The van der Waals surface area contributed by atoms with Crippen LogP contribution in [-0.2, 0) is 6.54 Å². The molecule has 0 aliphatic carbocycles. The molecule has 0 atom stereocenters. The molecule has 14 heavy (non-hydrogen) atoms. The van der Waals surface area contributed by atoms with E-state index in [1.165, 1.54) is 5.56 Å². The maximum Gasteiger partial charge on any atom is 0.0538 e. The molecule has 0 fully saturated rings. The summed E-state index contributed by atoms with van der Waals surface area (Å²) in [5, 5.41) is 7.42. The summed E-state index contributed by atoms with van der Waals surface area (Å²) in [6, 6.07) is 0. The van der Waals surface area contributed by atoms with Crippen molar-refractivity contribution in [3.8, 4) is 0 Å². The molecule has 3 N–H and O–H groups in total. The van der Waals surface area contributed by atoms with E-state index in [4.69, 9.17) is 5.73 Å². The van der Waals surface area contributed by atoms with Crippen molar-refractivity contribution in [3.05, 3.63) is 24.5 Å². The highest BCUT2D eigenvalue weighted by molar-refractivity contribution is 5.17. The second kappa shape index (κ2) is 6.34. The summed E-state index contributed by atoms with van der Waals surface area (Å²) in [7, 11) is 0. The van der Waals surface area contributed by atoms with Crippen molar-refractivity contribution in [1.29, 1.82) is 0 Å². The van der Waals surface area contributed by atoms with E-state index in [2.05, 4.69) is 17.0 Å². The average molecular weight is 194 g/mol. The zero-order valence-corrected chi connectivity index (χ0v) is 8.45. The lowest BCUT2D eigenvalue weighted by Crippen LogP contribution is -2.15. The molecule has 0 saturated heterocycles. The molecule has 1 aromatic rings. The standard InChI is InChI=1S/C10H18N4/c1-2-14-9-10(8-13-14)7-12-6-4-3-5-11/h2,8-9,12H,1,3-7,11H2. The van der Waals surface area contributed by atoms with Crippen LogP contribution in [0.1, 0.15) is 18.4 Å². The van der Waals surface area contributed by atoms with Crippen molar-refractivity contribution >= 4 is 6.20 Å². The van der Waals surface area contributed by atoms with Gasteiger partial charge in [-0.15, -0.1) is 0 Å². The molecule has 0 radical (unpaired) electrons. The summed E-state index contributed by atoms with van der Waals surface area (Å²) >= 11 is 0. The second-order valence-corrected chi connectivity index (χ2v) is 3.18. The van der Waals surface area contributed by atoms with Gasteiger partial charge in [-0.2, -0.15) is 5.10 Å². The molecule has 0 amide bonds. The maximum absolute atomic E-state index is 5.39. The number of hydrogen-bond acceptors (Lipinski definition) is 3. The predicted octanol–water partition coefficient (Wildman–Crippen LogP) is 0.812. The van der Waals surface area contributed by atoms with E-state index in [-0.39, 0.29) is 0 Å². The Bertz CT molecular complexity index is 267. The average Bonchev–Trinajstić information content (AvgIpc) is 2.65. The molecule has 0 aromatic carbocycles. The van der Waals surface area contributed by atoms with Gasteiger partial charge in [0, 0.05) is 24.5 Å². The third-order valence-electron chi connectivity index (χ3n) is 1.98. The van der Waals surface area contributed by atoms with Gasteiger partial charge in [-0.3, -0.25) is 0 Å². The van der Waals surface area contributed by atoms with E-state index in [1.54, 1.807) is 10.9 Å². The molecular formula is C10H18N4. The lowest BCUT2D eigenvalue weighted by atomic mass is 10.3. The molecule has 0 aliphatic heterocycles. The van der Waals surface area contributed by atoms with Crippen LogP contribution in [0.4, 0.5) is 0 Å². The van der Waals surface area contributed by atoms with Gasteiger partial charge in [0.15, 0.2) is 0 Å². The van der Waals surface area contributed by atoms with Crippen molar-refractivity contribution in [2.75, 3.05) is 13.1 Å². The minimum atomic E-state index is 0.774. The van der Waals surface area contributed by atoms with Gasteiger partial charge in [0.1, 0.15) is 0 Å². The van der Waals surface area contributed by atoms with Crippen LogP contribution in [0, 0.1) is 0 Å². The van der Waals surface area contributed by atoms with E-state index in [0.29, 0.717) is 0 Å². The van der Waals surface area contributed by atoms with Crippen LogP contribution in [0.5, 0.6) is 0 Å². The van der Waals surface area contributed by atoms with Gasteiger partial charge < -0.3 is 11.1 Å². The highest BCUT2D eigenvalue weighted by Crippen LogP contribution is 1.97. The van der Waals surface area contributed by atoms with Crippen LogP contribution in [0.15, 0.2) is 19.0 Å². The van der Waals surface area contributed by atoms with E-state index >= 15 is 0 Å². The minimum absolute atomic E-state index is 0.774. The Morgan fingerprint density at radius 2 is 2.43 bits per heavy atom. The Hall–Kier alpha value is -1.13. The van der Waals surface area contributed by atoms with Gasteiger partial charge in [-0.25, -0.2) is 4.68 Å². The molecular weight excluding hydrogens is 176 g/mol. The Kier molecular flexibility index (Phi) is 4.96. The number of nitrogens with two attached hydrogens (primary N) is 1. The van der Waals surface area contributed by atoms with Crippen molar-refractivity contribution < 1.29 is 0 Å². The van der Waals surface area contributed by atoms with Gasteiger partial charge in [0.05, 0.1) is 6.20 Å². The van der Waals surface area contributed by atoms with Crippen molar-refractivity contribution in [3.63, 3.8) is 0 Å². The predicted molar refractivity (Wildman–Crippen MR) is 58.6 cm³/mol. The van der Waals surface area contributed by atoms with E-state index < -0.39 is 0 Å². The molecule has 78 valence electrons. The Morgan fingerprint density at radius 1 is 1.57 bits per heavy atom. The number of nitrogens with one attached hydrogen (secondary N) is 1. The summed E-state index contributed by atoms with van der Waals surface area (Å²) in [6.45, 7) is 6.28. The summed E-state index contributed by atoms with van der Waals surface area (Å²) in [5.41, 5.74) is 6.57. The topological polar surface area (TPSA) is 55.9 Å². The fraction of sp³-hybridized carbons (Fsp3) is 0.500. The fourth-order valence-corrected chi connectivity index (χ4v) is 1.20. The smallest absolute Gasteiger partial charge is 0.0538 e. The Balaban J connectivity index is 2.14. The van der Waals surface area contributed by atoms with Gasteiger partial charge in [0.25, 0.3) is 0 Å². The normalized spacial score (nSPS) is 10.4. The van der Waals surface area contributed by atoms with Crippen molar-refractivity contribution in [2.45, 2.75) is 19.4 Å². The van der Waals surface area contributed by atoms with Gasteiger partial charge >= 0.3 is 0 Å². The number of hydrogen-bond donors (Lipinski definition) is 2. The summed E-state index contributed by atoms with van der Waals surface area (Å²) in [5.74, 6) is 0. The van der Waals surface area contributed by atoms with Crippen LogP contribution in [0.2, 0.25) is 0 Å². The zero-order chi connectivity index (χ0) is 10.2. The van der Waals surface area contributed by atoms with E-state index in [9.17, 15) is 0 Å². The number of unbranched alkanes of at least 4 members (excludes halogenated alkanes) is 1. The highest BCUT2D eigenvalue weighted by Gasteiger charge is 1.95. The second-order valence-electron chi connectivity index (χ2n) is 3.18. The van der Waals surface area contributed by atoms with Crippen LogP contribution in [0.3, 0.4) is 0 Å². The van der Waals surface area contributed by atoms with Crippen molar-refractivity contribution in [1.82, 2.24) is 15.1 Å². The lowest BCUT2D eigenvalue weighted by Gasteiger charge is -2.00. The quantitative estimate of drug-likeness (QED) is 0.632. The minimum Gasteiger partial charge on any atom is -0.330 e. The molecule has 0 unspecified atom stereocenters. The largest absolute Gasteiger partial charge is 0.330 e. The summed E-state index contributed by atoms with van der Waals surface area (Å²) < 4.78 is 1.71. The summed E-state index contributed by atoms with van der Waals surface area (Å²) in [4.78, 5) is 0. The first-order valence-corrected chi connectivity index (χ1v) is 4.93. The monoisotopic (exact) mass is 194 g/mol. The van der Waals surface area contributed by atoms with E-state index in [1.807, 2.05) is 12.4 Å². The Morgan fingerprint density at radius 3 is 3.07 bits per heavy atom. The molecule has 1 aromatic heterocycles. The van der Waals surface area contributed by atoms with Gasteiger partial charge in [-0.1, -0.05) is 6.58 Å². The molecule has 0 spiro atoms. The van der Waals surface area contributed by atoms with Crippen LogP contribution in [-0.4, -0.2) is 22.9 Å². The molecule has 0 aliphatic rings. The molecule has 4 nitrogen and oxygen atoms in total. The maximum atomic E-state index is 5.39. The van der Waals surface area contributed by atoms with Crippen LogP contribution < -0.4 is 11.1 Å². The fourth-order valence-electron chi connectivity index (χ4n) is 1.20. The third-order valence-corrected chi connectivity index (χ3v) is 1.98. The number of nitrogens with zero attached hydrogens (tertiary/aromatic N) is 2. The first-order valence-electron chi connectivity index (χ1n) is 4.93. The van der Waals surface area contributed by atoms with Crippen LogP contribution >= 0.6 is 0 Å². The highest BCUT2D eigenvalue weighted by atomic mass is 15.2. The van der Waals surface area contributed by atoms with Gasteiger partial charge in [-0.05, 0) is 25.9 Å². The number of aromatic nitrogens is 2. The first kappa shape index (κ1) is 10.9. The van der Waals surface area contributed by atoms with E-state index in [0.717, 1.165) is 32.5 Å². The van der Waals surface area contributed by atoms with Gasteiger partial charge in [0.2, 0.25) is 0 Å². The van der Waals surface area contributed by atoms with Crippen LogP contribution in [0.25, 0.3) is 6.20 Å². The number of rotatable bonds is 7. The summed E-state index contributed by atoms with van der Waals surface area (Å²) in [6.07, 6.45) is 7.70. The molecule has 1 heterocycles. The Labute approximate surface area is 84.8 Å². The lowest BCUT2D eigenvalue weighted by molar-refractivity contribution is 0.627. The molecule has 0 saturated carbocycles. The molecule has 4 heteroatoms.